The van der Waals surface area contributed by atoms with Crippen LogP contribution in [0.4, 0.5) is 0 Å². The maximum Gasteiger partial charge on any atom is 0.225 e. The van der Waals surface area contributed by atoms with Crippen molar-refractivity contribution >= 4 is 23.6 Å². The fourth-order valence-corrected chi connectivity index (χ4v) is 5.73. The fraction of sp³-hybridized carbons (Fsp3) is 0.913. The predicted molar refractivity (Wildman–Crippen MR) is 126 cm³/mol. The zero-order chi connectivity index (χ0) is 21.0. The summed E-state index contributed by atoms with van der Waals surface area (Å²) in [5.74, 6) is 3.69. The molecule has 0 aromatic rings. The van der Waals surface area contributed by atoms with Crippen LogP contribution in [0.2, 0.25) is 0 Å². The molecule has 0 unspecified atom stereocenters. The number of carbonyl (C=O) groups excluding carboxylic acids is 1. The summed E-state index contributed by atoms with van der Waals surface area (Å²) >= 11 is 1.96. The third kappa shape index (κ3) is 7.95. The van der Waals surface area contributed by atoms with Crippen molar-refractivity contribution < 1.29 is 9.53 Å². The van der Waals surface area contributed by atoms with Crippen LogP contribution in [-0.2, 0) is 9.53 Å². The summed E-state index contributed by atoms with van der Waals surface area (Å²) < 4.78 is 6.07. The van der Waals surface area contributed by atoms with Crippen molar-refractivity contribution in [2.75, 3.05) is 44.3 Å². The number of hydrogen-bond donors (Lipinski definition) is 2. The second-order valence-electron chi connectivity index (χ2n) is 8.88. The number of nitrogens with one attached hydrogen (secondary N) is 2. The smallest absolute Gasteiger partial charge is 0.225 e. The van der Waals surface area contributed by atoms with Crippen LogP contribution in [0, 0.1) is 5.92 Å². The standard InChI is InChI=1S/C23H42N4O2S/c1-2-24-23(25-13-16-29-21-7-5-3-4-6-8-21)26-20-11-9-19(10-12-20)22(28)27-14-17-30-18-15-27/h19-21H,2-18H2,1H3,(H2,24,25,26). The van der Waals surface area contributed by atoms with Gasteiger partial charge in [0.2, 0.25) is 5.91 Å². The number of aliphatic imine (C=N–C) groups is 1. The van der Waals surface area contributed by atoms with Crippen molar-refractivity contribution in [2.45, 2.75) is 83.3 Å². The highest BCUT2D eigenvalue weighted by Gasteiger charge is 2.30. The first-order valence-electron chi connectivity index (χ1n) is 12.3. The molecule has 0 bridgehead atoms. The number of rotatable bonds is 7. The third-order valence-corrected chi connectivity index (χ3v) is 7.54. The molecule has 0 radical (unpaired) electrons. The molecule has 30 heavy (non-hydrogen) atoms. The van der Waals surface area contributed by atoms with Gasteiger partial charge in [0.1, 0.15) is 0 Å². The maximum absolute atomic E-state index is 12.8. The van der Waals surface area contributed by atoms with Crippen molar-refractivity contribution in [1.29, 1.82) is 0 Å². The van der Waals surface area contributed by atoms with Crippen LogP contribution in [0.25, 0.3) is 0 Å². The van der Waals surface area contributed by atoms with Gasteiger partial charge in [-0.3, -0.25) is 9.79 Å². The van der Waals surface area contributed by atoms with Gasteiger partial charge >= 0.3 is 0 Å². The lowest BCUT2D eigenvalue weighted by atomic mass is 9.85. The van der Waals surface area contributed by atoms with E-state index < -0.39 is 0 Å². The van der Waals surface area contributed by atoms with Crippen LogP contribution < -0.4 is 10.6 Å². The van der Waals surface area contributed by atoms with Crippen LogP contribution >= 0.6 is 11.8 Å². The lowest BCUT2D eigenvalue weighted by molar-refractivity contribution is -0.136. The van der Waals surface area contributed by atoms with Gasteiger partial charge in [0, 0.05) is 43.1 Å². The molecule has 2 N–H and O–H groups in total. The monoisotopic (exact) mass is 438 g/mol. The minimum Gasteiger partial charge on any atom is -0.376 e. The van der Waals surface area contributed by atoms with Crippen molar-refractivity contribution in [1.82, 2.24) is 15.5 Å². The molecule has 0 aromatic carbocycles. The number of thioether (sulfide) groups is 1. The quantitative estimate of drug-likeness (QED) is 0.276. The Labute approximate surface area is 187 Å². The Morgan fingerprint density at radius 2 is 1.73 bits per heavy atom. The van der Waals surface area contributed by atoms with Gasteiger partial charge in [0.05, 0.1) is 19.3 Å². The molecule has 1 amide bonds. The van der Waals surface area contributed by atoms with Crippen LogP contribution in [0.15, 0.2) is 4.99 Å². The number of ether oxygens (including phenoxy) is 1. The molecule has 0 spiro atoms. The molecule has 1 saturated heterocycles. The lowest BCUT2D eigenvalue weighted by Gasteiger charge is -2.34. The second-order valence-corrected chi connectivity index (χ2v) is 10.1. The summed E-state index contributed by atoms with van der Waals surface area (Å²) in [5, 5.41) is 6.97. The fourth-order valence-electron chi connectivity index (χ4n) is 4.83. The number of nitrogens with zero attached hydrogens (tertiary/aromatic N) is 2. The van der Waals surface area contributed by atoms with E-state index in [1.807, 2.05) is 11.8 Å². The Balaban J connectivity index is 1.37. The van der Waals surface area contributed by atoms with Crippen molar-refractivity contribution in [3.05, 3.63) is 0 Å². The van der Waals surface area contributed by atoms with Gasteiger partial charge in [-0.15, -0.1) is 0 Å². The van der Waals surface area contributed by atoms with E-state index in [-0.39, 0.29) is 5.92 Å². The molecule has 1 aliphatic heterocycles. The largest absolute Gasteiger partial charge is 0.376 e. The molecule has 172 valence electrons. The first-order chi connectivity index (χ1) is 14.8. The summed E-state index contributed by atoms with van der Waals surface area (Å²) in [6.45, 7) is 6.23. The summed E-state index contributed by atoms with van der Waals surface area (Å²) in [6, 6.07) is 0.409. The topological polar surface area (TPSA) is 66.0 Å². The van der Waals surface area contributed by atoms with E-state index in [9.17, 15) is 4.79 Å². The Kier molecular flexibility index (Phi) is 10.6. The Morgan fingerprint density at radius 3 is 2.40 bits per heavy atom. The van der Waals surface area contributed by atoms with E-state index in [1.165, 1.54) is 38.5 Å². The van der Waals surface area contributed by atoms with E-state index >= 15 is 0 Å². The Bertz CT molecular complexity index is 523. The van der Waals surface area contributed by atoms with E-state index in [1.54, 1.807) is 0 Å². The number of carbonyl (C=O) groups is 1. The van der Waals surface area contributed by atoms with Gasteiger partial charge < -0.3 is 20.3 Å². The lowest BCUT2D eigenvalue weighted by Crippen LogP contribution is -2.47. The van der Waals surface area contributed by atoms with Crippen LogP contribution in [0.1, 0.15) is 71.1 Å². The summed E-state index contributed by atoms with van der Waals surface area (Å²) in [7, 11) is 0. The van der Waals surface area contributed by atoms with Crippen molar-refractivity contribution in [2.24, 2.45) is 10.9 Å². The molecular weight excluding hydrogens is 396 g/mol. The zero-order valence-corrected chi connectivity index (χ0v) is 19.7. The van der Waals surface area contributed by atoms with E-state index in [4.69, 9.17) is 9.73 Å². The van der Waals surface area contributed by atoms with E-state index in [0.29, 0.717) is 31.2 Å². The van der Waals surface area contributed by atoms with E-state index in [0.717, 1.165) is 62.8 Å². The summed E-state index contributed by atoms with van der Waals surface area (Å²) in [4.78, 5) is 19.6. The predicted octanol–water partition coefficient (Wildman–Crippen LogP) is 3.42. The second kappa shape index (κ2) is 13.5. The van der Waals surface area contributed by atoms with Crippen LogP contribution in [-0.4, -0.2) is 73.2 Å². The SMILES string of the molecule is CCNC(=NCCOC1CCCCCC1)NC1CCC(C(=O)N2CCSCC2)CC1. The Hall–Kier alpha value is -0.950. The van der Waals surface area contributed by atoms with Gasteiger partial charge in [-0.05, 0) is 45.4 Å². The van der Waals surface area contributed by atoms with Crippen molar-refractivity contribution in [3.8, 4) is 0 Å². The molecular formula is C23H42N4O2S. The van der Waals surface area contributed by atoms with Crippen molar-refractivity contribution in [3.63, 3.8) is 0 Å². The number of amides is 1. The zero-order valence-electron chi connectivity index (χ0n) is 18.9. The van der Waals surface area contributed by atoms with Gasteiger partial charge in [0.15, 0.2) is 5.96 Å². The number of hydrogen-bond acceptors (Lipinski definition) is 4. The third-order valence-electron chi connectivity index (χ3n) is 6.60. The minimum absolute atomic E-state index is 0.221. The number of guanidine groups is 1. The molecule has 2 aliphatic carbocycles. The van der Waals surface area contributed by atoms with Gasteiger partial charge in [-0.25, -0.2) is 0 Å². The highest BCUT2D eigenvalue weighted by Crippen LogP contribution is 2.27. The molecule has 6 nitrogen and oxygen atoms in total. The molecule has 3 fully saturated rings. The molecule has 3 aliphatic rings. The molecule has 7 heteroatoms. The highest BCUT2D eigenvalue weighted by molar-refractivity contribution is 7.99. The summed E-state index contributed by atoms with van der Waals surface area (Å²) in [6.07, 6.45) is 12.2. The average Bonchev–Trinajstić information content (AvgIpc) is 3.06. The van der Waals surface area contributed by atoms with Gasteiger partial charge in [-0.2, -0.15) is 11.8 Å². The molecule has 1 heterocycles. The van der Waals surface area contributed by atoms with Gasteiger partial charge in [-0.1, -0.05) is 25.7 Å². The normalized spacial score (nSPS) is 26.8. The maximum atomic E-state index is 12.8. The average molecular weight is 439 g/mol. The highest BCUT2D eigenvalue weighted by atomic mass is 32.2. The molecule has 2 saturated carbocycles. The van der Waals surface area contributed by atoms with Crippen LogP contribution in [0.3, 0.4) is 0 Å². The Morgan fingerprint density at radius 1 is 1.03 bits per heavy atom. The van der Waals surface area contributed by atoms with Gasteiger partial charge in [0.25, 0.3) is 0 Å². The minimum atomic E-state index is 0.221. The first-order valence-corrected chi connectivity index (χ1v) is 13.4. The first kappa shape index (κ1) is 23.7. The molecule has 0 aromatic heterocycles. The summed E-state index contributed by atoms with van der Waals surface area (Å²) in [5.41, 5.74) is 0. The van der Waals surface area contributed by atoms with Crippen LogP contribution in [0.5, 0.6) is 0 Å². The van der Waals surface area contributed by atoms with E-state index in [2.05, 4.69) is 22.5 Å². The molecule has 3 rings (SSSR count). The molecule has 0 atom stereocenters.